The average molecular weight is 451 g/mol. The summed E-state index contributed by atoms with van der Waals surface area (Å²) in [6.07, 6.45) is 3.35. The number of benzene rings is 2. The van der Waals surface area contributed by atoms with Crippen molar-refractivity contribution in [2.75, 3.05) is 17.7 Å². The maximum Gasteiger partial charge on any atom is 0.387 e. The van der Waals surface area contributed by atoms with Gasteiger partial charge in [-0.25, -0.2) is 9.97 Å². The monoisotopic (exact) mass is 451 g/mol. The minimum absolute atomic E-state index is 0.0676. The summed E-state index contributed by atoms with van der Waals surface area (Å²) in [6, 6.07) is 13.1. The lowest BCUT2D eigenvalue weighted by atomic mass is 10.1. The van der Waals surface area contributed by atoms with Gasteiger partial charge in [0.2, 0.25) is 5.95 Å². The smallest absolute Gasteiger partial charge is 0.387 e. The number of aromatic nitrogens is 2. The molecule has 1 heterocycles. The molecule has 2 N–H and O–H groups in total. The topological polar surface area (TPSA) is 111 Å². The number of nitrogens with one attached hydrogen (secondary N) is 1. The van der Waals surface area contributed by atoms with Gasteiger partial charge in [0.1, 0.15) is 11.5 Å². The molecule has 31 heavy (non-hydrogen) atoms. The summed E-state index contributed by atoms with van der Waals surface area (Å²) in [5, 5.41) is 3.03. The Balaban J connectivity index is 1.58. The third kappa shape index (κ3) is 7.46. The van der Waals surface area contributed by atoms with E-state index in [1.165, 1.54) is 12.1 Å². The lowest BCUT2D eigenvalue weighted by Gasteiger charge is -2.09. The van der Waals surface area contributed by atoms with Gasteiger partial charge in [-0.15, -0.1) is 0 Å². The number of ether oxygens (including phenoxy) is 2. The lowest BCUT2D eigenvalue weighted by molar-refractivity contribution is -0.0498. The standard InChI is InChI=1S/C20H19F2N3O5S/c21-19(22)30-17-7-5-14(6-8-17)15-12-23-20(24-13-15)25-16-3-1-4-18(11-16)29-9-2-10-31(26,27)28/h1,3-8,11-13,19H,2,9-10H2,(H,23,24,25)(H,26,27,28). The van der Waals surface area contributed by atoms with Gasteiger partial charge in [-0.1, -0.05) is 18.2 Å². The summed E-state index contributed by atoms with van der Waals surface area (Å²) in [4.78, 5) is 8.49. The molecule has 0 amide bonds. The van der Waals surface area contributed by atoms with Crippen molar-refractivity contribution < 1.29 is 31.2 Å². The molecule has 0 aliphatic carbocycles. The van der Waals surface area contributed by atoms with Crippen LogP contribution >= 0.6 is 0 Å². The molecule has 0 bridgehead atoms. The predicted molar refractivity (Wildman–Crippen MR) is 110 cm³/mol. The second kappa shape index (κ2) is 10.1. The van der Waals surface area contributed by atoms with Crippen molar-refractivity contribution in [3.8, 4) is 22.6 Å². The van der Waals surface area contributed by atoms with Crippen LogP contribution in [0.3, 0.4) is 0 Å². The van der Waals surface area contributed by atoms with Crippen LogP contribution in [0.2, 0.25) is 0 Å². The molecule has 0 saturated carbocycles. The van der Waals surface area contributed by atoms with Crippen LogP contribution in [0.1, 0.15) is 6.42 Å². The molecule has 11 heteroatoms. The molecule has 0 unspecified atom stereocenters. The zero-order valence-corrected chi connectivity index (χ0v) is 16.9. The van der Waals surface area contributed by atoms with Gasteiger partial charge in [0, 0.05) is 29.7 Å². The zero-order chi connectivity index (χ0) is 22.3. The Bertz CT molecular complexity index is 1090. The van der Waals surface area contributed by atoms with Gasteiger partial charge < -0.3 is 14.8 Å². The molecule has 0 saturated heterocycles. The SMILES string of the molecule is O=S(=O)(O)CCCOc1cccc(Nc2ncc(-c3ccc(OC(F)F)cc3)cn2)c1. The highest BCUT2D eigenvalue weighted by Gasteiger charge is 2.07. The van der Waals surface area contributed by atoms with Crippen LogP contribution in [-0.2, 0) is 10.1 Å². The van der Waals surface area contributed by atoms with Crippen molar-refractivity contribution in [2.24, 2.45) is 0 Å². The Kier molecular flexibility index (Phi) is 7.32. The first kappa shape index (κ1) is 22.4. The van der Waals surface area contributed by atoms with E-state index in [0.29, 0.717) is 22.9 Å². The number of nitrogens with zero attached hydrogens (tertiary/aromatic N) is 2. The summed E-state index contributed by atoms with van der Waals surface area (Å²) in [7, 11) is -4.00. The molecule has 2 aromatic carbocycles. The molecule has 0 fully saturated rings. The van der Waals surface area contributed by atoms with Crippen molar-refractivity contribution in [1.29, 1.82) is 0 Å². The normalized spacial score (nSPS) is 11.4. The van der Waals surface area contributed by atoms with Gasteiger partial charge in [-0.2, -0.15) is 17.2 Å². The second-order valence-corrected chi connectivity index (χ2v) is 7.91. The van der Waals surface area contributed by atoms with Crippen molar-refractivity contribution in [2.45, 2.75) is 13.0 Å². The first-order chi connectivity index (χ1) is 14.8. The molecule has 0 aliphatic rings. The molecule has 3 rings (SSSR count). The molecule has 8 nitrogen and oxygen atoms in total. The molecule has 0 radical (unpaired) electrons. The highest BCUT2D eigenvalue weighted by molar-refractivity contribution is 7.85. The quantitative estimate of drug-likeness (QED) is 0.349. The van der Waals surface area contributed by atoms with Crippen LogP contribution in [0, 0.1) is 0 Å². The van der Waals surface area contributed by atoms with E-state index in [4.69, 9.17) is 9.29 Å². The van der Waals surface area contributed by atoms with Crippen molar-refractivity contribution >= 4 is 21.8 Å². The molecule has 0 atom stereocenters. The summed E-state index contributed by atoms with van der Waals surface area (Å²) in [5.41, 5.74) is 2.10. The van der Waals surface area contributed by atoms with Crippen LogP contribution < -0.4 is 14.8 Å². The summed E-state index contributed by atoms with van der Waals surface area (Å²) in [5.74, 6) is 0.554. The van der Waals surface area contributed by atoms with Crippen molar-refractivity contribution in [1.82, 2.24) is 9.97 Å². The van der Waals surface area contributed by atoms with Crippen LogP contribution in [0.25, 0.3) is 11.1 Å². The molecule has 1 aromatic heterocycles. The Morgan fingerprint density at radius 3 is 2.35 bits per heavy atom. The van der Waals surface area contributed by atoms with Gasteiger partial charge >= 0.3 is 6.61 Å². The summed E-state index contributed by atoms with van der Waals surface area (Å²) < 4.78 is 64.4. The molecular formula is C20H19F2N3O5S. The van der Waals surface area contributed by atoms with Crippen LogP contribution in [-0.4, -0.2) is 41.9 Å². The third-order valence-corrected chi connectivity index (χ3v) is 4.77. The first-order valence-corrected chi connectivity index (χ1v) is 10.7. The molecule has 0 aliphatic heterocycles. The van der Waals surface area contributed by atoms with Gasteiger partial charge in [-0.3, -0.25) is 4.55 Å². The van der Waals surface area contributed by atoms with E-state index in [2.05, 4.69) is 20.0 Å². The first-order valence-electron chi connectivity index (χ1n) is 9.11. The summed E-state index contributed by atoms with van der Waals surface area (Å²) in [6.45, 7) is -2.74. The van der Waals surface area contributed by atoms with Crippen LogP contribution in [0.15, 0.2) is 60.9 Å². The predicted octanol–water partition coefficient (Wildman–Crippen LogP) is 4.15. The van der Waals surface area contributed by atoms with E-state index < -0.39 is 16.7 Å². The summed E-state index contributed by atoms with van der Waals surface area (Å²) >= 11 is 0. The Morgan fingerprint density at radius 2 is 1.71 bits per heavy atom. The van der Waals surface area contributed by atoms with E-state index in [1.54, 1.807) is 48.8 Å². The fourth-order valence-corrected chi connectivity index (χ4v) is 3.08. The van der Waals surface area contributed by atoms with Crippen molar-refractivity contribution in [3.05, 3.63) is 60.9 Å². The molecule has 164 valence electrons. The average Bonchev–Trinajstić information content (AvgIpc) is 2.72. The van der Waals surface area contributed by atoms with Gasteiger partial charge in [0.05, 0.1) is 12.4 Å². The second-order valence-electron chi connectivity index (χ2n) is 6.34. The van der Waals surface area contributed by atoms with E-state index in [0.717, 1.165) is 5.56 Å². The number of rotatable bonds is 10. The fraction of sp³-hybridized carbons (Fsp3) is 0.200. The minimum Gasteiger partial charge on any atom is -0.493 e. The molecule has 0 spiro atoms. The Morgan fingerprint density at radius 1 is 1.00 bits per heavy atom. The van der Waals surface area contributed by atoms with Gasteiger partial charge in [0.25, 0.3) is 10.1 Å². The lowest BCUT2D eigenvalue weighted by Crippen LogP contribution is -2.08. The van der Waals surface area contributed by atoms with E-state index >= 15 is 0 Å². The number of halogens is 2. The maximum absolute atomic E-state index is 12.2. The van der Waals surface area contributed by atoms with E-state index in [9.17, 15) is 17.2 Å². The van der Waals surface area contributed by atoms with E-state index in [-0.39, 0.29) is 24.5 Å². The number of hydrogen-bond acceptors (Lipinski definition) is 7. The highest BCUT2D eigenvalue weighted by Crippen LogP contribution is 2.24. The maximum atomic E-state index is 12.2. The number of hydrogen-bond donors (Lipinski definition) is 2. The Labute approximate surface area is 177 Å². The van der Waals surface area contributed by atoms with Crippen LogP contribution in [0.4, 0.5) is 20.4 Å². The van der Waals surface area contributed by atoms with E-state index in [1.807, 2.05) is 0 Å². The Hall–Kier alpha value is -3.31. The van der Waals surface area contributed by atoms with Crippen LogP contribution in [0.5, 0.6) is 11.5 Å². The molecular weight excluding hydrogens is 432 g/mol. The third-order valence-electron chi connectivity index (χ3n) is 3.97. The fourth-order valence-electron chi connectivity index (χ4n) is 2.59. The minimum atomic E-state index is -4.00. The van der Waals surface area contributed by atoms with Crippen molar-refractivity contribution in [3.63, 3.8) is 0 Å². The zero-order valence-electron chi connectivity index (χ0n) is 16.1. The highest BCUT2D eigenvalue weighted by atomic mass is 32.2. The number of alkyl halides is 2. The van der Waals surface area contributed by atoms with Gasteiger partial charge in [-0.05, 0) is 36.2 Å². The number of anilines is 2. The largest absolute Gasteiger partial charge is 0.493 e. The van der Waals surface area contributed by atoms with Gasteiger partial charge in [0.15, 0.2) is 0 Å². The molecule has 3 aromatic rings.